The Morgan fingerprint density at radius 2 is 1.78 bits per heavy atom. The predicted octanol–water partition coefficient (Wildman–Crippen LogP) is 2.09. The van der Waals surface area contributed by atoms with Crippen molar-refractivity contribution in [2.45, 2.75) is 39.9 Å². The second kappa shape index (κ2) is 8.87. The fourth-order valence-corrected chi connectivity index (χ4v) is 3.71. The summed E-state index contributed by atoms with van der Waals surface area (Å²) in [5, 5.41) is 17.3. The van der Waals surface area contributed by atoms with Crippen LogP contribution in [-0.4, -0.2) is 59.6 Å². The van der Waals surface area contributed by atoms with Crippen LogP contribution in [0.25, 0.3) is 0 Å². The molecule has 2 aromatic rings. The summed E-state index contributed by atoms with van der Waals surface area (Å²) in [7, 11) is 2.19. The molecule has 2 heterocycles. The Kier molecular flexibility index (Phi) is 6.52. The molecule has 0 saturated carbocycles. The number of likely N-dealkylation sites (N-methyl/N-ethyl adjacent to an activating group) is 1. The number of hydrogen-bond donors (Lipinski definition) is 2. The standard InChI is InChI=1S/C21H33N5O/c1-16(22-15-21-17(2)23-26(13-14-27)18(21)3)19-5-7-20(8-6-19)25-11-9-24(4)10-12-25/h5-8,16,22,27H,9-15H2,1-4H3. The van der Waals surface area contributed by atoms with Crippen LogP contribution in [0.1, 0.15) is 35.5 Å². The first-order chi connectivity index (χ1) is 13.0. The third-order valence-electron chi connectivity index (χ3n) is 5.69. The largest absolute Gasteiger partial charge is 0.394 e. The van der Waals surface area contributed by atoms with Gasteiger partial charge in [-0.3, -0.25) is 4.68 Å². The van der Waals surface area contributed by atoms with Crippen molar-refractivity contribution in [2.24, 2.45) is 0 Å². The molecule has 2 N–H and O–H groups in total. The zero-order chi connectivity index (χ0) is 19.4. The molecule has 1 aliphatic heterocycles. The molecule has 1 unspecified atom stereocenters. The van der Waals surface area contributed by atoms with Gasteiger partial charge in [-0.05, 0) is 45.5 Å². The Labute approximate surface area is 162 Å². The number of benzene rings is 1. The smallest absolute Gasteiger partial charge is 0.0644 e. The summed E-state index contributed by atoms with van der Waals surface area (Å²) in [5.74, 6) is 0. The normalized spacial score (nSPS) is 16.7. The number of aryl methyl sites for hydroxylation is 1. The third-order valence-corrected chi connectivity index (χ3v) is 5.69. The third kappa shape index (κ3) is 4.69. The zero-order valence-electron chi connectivity index (χ0n) is 17.1. The van der Waals surface area contributed by atoms with Gasteiger partial charge < -0.3 is 20.2 Å². The minimum atomic E-state index is 0.116. The summed E-state index contributed by atoms with van der Waals surface area (Å²) in [4.78, 5) is 4.84. The van der Waals surface area contributed by atoms with Gasteiger partial charge in [0.15, 0.2) is 0 Å². The first kappa shape index (κ1) is 19.9. The van der Waals surface area contributed by atoms with E-state index in [1.54, 1.807) is 0 Å². The van der Waals surface area contributed by atoms with Crippen molar-refractivity contribution in [1.29, 1.82) is 0 Å². The Balaban J connectivity index is 1.59. The minimum Gasteiger partial charge on any atom is -0.394 e. The molecule has 6 nitrogen and oxygen atoms in total. The molecule has 1 aromatic heterocycles. The Bertz CT molecular complexity index is 732. The summed E-state index contributed by atoms with van der Waals surface area (Å²) in [6.45, 7) is 12.2. The van der Waals surface area contributed by atoms with Crippen LogP contribution in [0, 0.1) is 13.8 Å². The van der Waals surface area contributed by atoms with Crippen molar-refractivity contribution >= 4 is 5.69 Å². The van der Waals surface area contributed by atoms with Crippen LogP contribution >= 0.6 is 0 Å². The predicted molar refractivity (Wildman–Crippen MR) is 110 cm³/mol. The van der Waals surface area contributed by atoms with E-state index in [4.69, 9.17) is 5.11 Å². The van der Waals surface area contributed by atoms with Crippen LogP contribution in [0.2, 0.25) is 0 Å². The fraction of sp³-hybridized carbons (Fsp3) is 0.571. The summed E-state index contributed by atoms with van der Waals surface area (Å²) in [5.41, 5.74) is 6.00. The van der Waals surface area contributed by atoms with Gasteiger partial charge in [0.1, 0.15) is 0 Å². The number of aromatic nitrogens is 2. The Hall–Kier alpha value is -1.89. The van der Waals surface area contributed by atoms with Gasteiger partial charge in [0.25, 0.3) is 0 Å². The quantitative estimate of drug-likeness (QED) is 0.781. The molecule has 6 heteroatoms. The molecular formula is C21H33N5O. The van der Waals surface area contributed by atoms with E-state index in [1.807, 2.05) is 11.6 Å². The van der Waals surface area contributed by atoms with Gasteiger partial charge in [-0.25, -0.2) is 0 Å². The molecule has 0 aliphatic carbocycles. The highest BCUT2D eigenvalue weighted by Gasteiger charge is 2.15. The molecule has 1 fully saturated rings. The van der Waals surface area contributed by atoms with Crippen LogP contribution in [0.5, 0.6) is 0 Å². The number of aliphatic hydroxyl groups is 1. The fourth-order valence-electron chi connectivity index (χ4n) is 3.71. The van der Waals surface area contributed by atoms with Crippen molar-refractivity contribution in [1.82, 2.24) is 20.0 Å². The number of anilines is 1. The van der Waals surface area contributed by atoms with Gasteiger partial charge in [0.05, 0.1) is 18.8 Å². The van der Waals surface area contributed by atoms with E-state index in [0.717, 1.165) is 44.1 Å². The zero-order valence-corrected chi connectivity index (χ0v) is 17.1. The summed E-state index contributed by atoms with van der Waals surface area (Å²) in [6, 6.07) is 9.23. The SMILES string of the molecule is Cc1nn(CCO)c(C)c1CNC(C)c1ccc(N2CCN(C)CC2)cc1. The second-order valence-electron chi connectivity index (χ2n) is 7.58. The first-order valence-corrected chi connectivity index (χ1v) is 9.90. The summed E-state index contributed by atoms with van der Waals surface area (Å²) in [6.07, 6.45) is 0. The van der Waals surface area contributed by atoms with Crippen LogP contribution in [0.3, 0.4) is 0 Å². The molecule has 148 valence electrons. The van der Waals surface area contributed by atoms with Gasteiger partial charge in [-0.15, -0.1) is 0 Å². The van der Waals surface area contributed by atoms with Crippen LogP contribution in [-0.2, 0) is 13.1 Å². The minimum absolute atomic E-state index is 0.116. The lowest BCUT2D eigenvalue weighted by Crippen LogP contribution is -2.44. The molecule has 1 aliphatic rings. The molecule has 0 amide bonds. The number of piperazine rings is 1. The lowest BCUT2D eigenvalue weighted by Gasteiger charge is -2.34. The van der Waals surface area contributed by atoms with Gasteiger partial charge in [-0.1, -0.05) is 12.1 Å². The average molecular weight is 372 g/mol. The Morgan fingerprint density at radius 1 is 1.11 bits per heavy atom. The maximum Gasteiger partial charge on any atom is 0.0644 e. The van der Waals surface area contributed by atoms with Crippen LogP contribution < -0.4 is 10.2 Å². The van der Waals surface area contributed by atoms with Crippen molar-refractivity contribution in [3.05, 3.63) is 46.8 Å². The summed E-state index contributed by atoms with van der Waals surface area (Å²) >= 11 is 0. The molecule has 27 heavy (non-hydrogen) atoms. The van der Waals surface area contributed by atoms with E-state index < -0.39 is 0 Å². The number of rotatable bonds is 7. The highest BCUT2D eigenvalue weighted by Crippen LogP contribution is 2.21. The molecule has 3 rings (SSSR count). The molecule has 1 aromatic carbocycles. The highest BCUT2D eigenvalue weighted by molar-refractivity contribution is 5.48. The number of hydrogen-bond acceptors (Lipinski definition) is 5. The van der Waals surface area contributed by atoms with Gasteiger partial charge in [-0.2, -0.15) is 5.10 Å². The van der Waals surface area contributed by atoms with E-state index in [1.165, 1.54) is 16.8 Å². The van der Waals surface area contributed by atoms with E-state index in [0.29, 0.717) is 6.54 Å². The van der Waals surface area contributed by atoms with E-state index in [9.17, 15) is 0 Å². The first-order valence-electron chi connectivity index (χ1n) is 9.90. The van der Waals surface area contributed by atoms with Gasteiger partial charge in [0, 0.05) is 55.7 Å². The van der Waals surface area contributed by atoms with Gasteiger partial charge in [0.2, 0.25) is 0 Å². The van der Waals surface area contributed by atoms with Crippen LogP contribution in [0.4, 0.5) is 5.69 Å². The molecule has 0 radical (unpaired) electrons. The average Bonchev–Trinajstić information content (AvgIpc) is 2.94. The molecule has 0 bridgehead atoms. The Morgan fingerprint density at radius 3 is 2.41 bits per heavy atom. The maximum atomic E-state index is 9.16. The van der Waals surface area contributed by atoms with Crippen molar-refractivity contribution in [2.75, 3.05) is 44.7 Å². The van der Waals surface area contributed by atoms with E-state index >= 15 is 0 Å². The highest BCUT2D eigenvalue weighted by atomic mass is 16.3. The second-order valence-corrected chi connectivity index (χ2v) is 7.58. The number of nitrogens with zero attached hydrogens (tertiary/aromatic N) is 4. The van der Waals surface area contributed by atoms with E-state index in [2.05, 4.69) is 65.4 Å². The topological polar surface area (TPSA) is 56.6 Å². The number of aliphatic hydroxyl groups excluding tert-OH is 1. The number of nitrogens with one attached hydrogen (secondary N) is 1. The van der Waals surface area contributed by atoms with Gasteiger partial charge >= 0.3 is 0 Å². The molecule has 1 saturated heterocycles. The van der Waals surface area contributed by atoms with Crippen molar-refractivity contribution in [3.8, 4) is 0 Å². The molecule has 0 spiro atoms. The maximum absolute atomic E-state index is 9.16. The lowest BCUT2D eigenvalue weighted by atomic mass is 10.1. The summed E-state index contributed by atoms with van der Waals surface area (Å²) < 4.78 is 1.89. The molecule has 1 atom stereocenters. The van der Waals surface area contributed by atoms with E-state index in [-0.39, 0.29) is 12.6 Å². The monoisotopic (exact) mass is 371 g/mol. The van der Waals surface area contributed by atoms with Crippen molar-refractivity contribution in [3.63, 3.8) is 0 Å². The molecular weight excluding hydrogens is 338 g/mol. The van der Waals surface area contributed by atoms with Crippen molar-refractivity contribution < 1.29 is 5.11 Å². The lowest BCUT2D eigenvalue weighted by molar-refractivity contribution is 0.267. The van der Waals surface area contributed by atoms with Crippen LogP contribution in [0.15, 0.2) is 24.3 Å².